The smallest absolute Gasteiger partial charge is 0.334 e. The SMILES string of the molecule is COC(CNC(=O)CCOCC(F)F)C(=O)O. The molecule has 0 saturated heterocycles. The first-order chi connectivity index (χ1) is 7.97. The number of rotatable bonds is 9. The molecule has 1 atom stereocenters. The molecular formula is C9H15F2NO5. The summed E-state index contributed by atoms with van der Waals surface area (Å²) in [6.07, 6.45) is -3.80. The molecule has 2 N–H and O–H groups in total. The van der Waals surface area contributed by atoms with Crippen LogP contribution in [-0.2, 0) is 19.1 Å². The van der Waals surface area contributed by atoms with Crippen molar-refractivity contribution in [1.29, 1.82) is 0 Å². The molecular weight excluding hydrogens is 240 g/mol. The lowest BCUT2D eigenvalue weighted by Crippen LogP contribution is -2.38. The number of carbonyl (C=O) groups is 2. The summed E-state index contributed by atoms with van der Waals surface area (Å²) in [6.45, 7) is -1.04. The van der Waals surface area contributed by atoms with Crippen LogP contribution in [0.1, 0.15) is 6.42 Å². The second-order valence-electron chi connectivity index (χ2n) is 3.08. The van der Waals surface area contributed by atoms with Crippen molar-refractivity contribution in [1.82, 2.24) is 5.32 Å². The summed E-state index contributed by atoms with van der Waals surface area (Å²) in [6, 6.07) is 0. The Morgan fingerprint density at radius 3 is 2.53 bits per heavy atom. The van der Waals surface area contributed by atoms with Crippen LogP contribution in [0.15, 0.2) is 0 Å². The second kappa shape index (κ2) is 8.82. The minimum Gasteiger partial charge on any atom is -0.479 e. The van der Waals surface area contributed by atoms with Crippen molar-refractivity contribution in [2.24, 2.45) is 0 Å². The molecule has 0 aliphatic rings. The Hall–Kier alpha value is -1.28. The minimum absolute atomic E-state index is 0.108. The molecule has 1 amide bonds. The molecule has 100 valence electrons. The van der Waals surface area contributed by atoms with E-state index in [2.05, 4.69) is 14.8 Å². The number of hydrogen-bond acceptors (Lipinski definition) is 4. The number of halogens is 2. The molecule has 17 heavy (non-hydrogen) atoms. The van der Waals surface area contributed by atoms with Gasteiger partial charge in [-0.2, -0.15) is 0 Å². The topological polar surface area (TPSA) is 84.9 Å². The molecule has 8 heteroatoms. The molecule has 6 nitrogen and oxygen atoms in total. The van der Waals surface area contributed by atoms with Crippen LogP contribution in [-0.4, -0.2) is 56.4 Å². The van der Waals surface area contributed by atoms with Crippen molar-refractivity contribution in [2.75, 3.05) is 26.9 Å². The number of hydrogen-bond donors (Lipinski definition) is 2. The Kier molecular flexibility index (Phi) is 8.16. The largest absolute Gasteiger partial charge is 0.479 e. The molecule has 0 aromatic carbocycles. The first-order valence-electron chi connectivity index (χ1n) is 4.85. The van der Waals surface area contributed by atoms with Crippen molar-refractivity contribution < 1.29 is 33.0 Å². The van der Waals surface area contributed by atoms with Gasteiger partial charge in [-0.1, -0.05) is 0 Å². The molecule has 0 aliphatic carbocycles. The van der Waals surface area contributed by atoms with E-state index >= 15 is 0 Å². The number of alkyl halides is 2. The third-order valence-electron chi connectivity index (χ3n) is 1.76. The van der Waals surface area contributed by atoms with Gasteiger partial charge in [-0.3, -0.25) is 4.79 Å². The van der Waals surface area contributed by atoms with Crippen LogP contribution in [0.3, 0.4) is 0 Å². The maximum absolute atomic E-state index is 11.6. The fourth-order valence-corrected chi connectivity index (χ4v) is 0.904. The highest BCUT2D eigenvalue weighted by atomic mass is 19.3. The zero-order valence-corrected chi connectivity index (χ0v) is 9.32. The number of carboxylic acids is 1. The van der Waals surface area contributed by atoms with Gasteiger partial charge in [0.2, 0.25) is 5.91 Å². The number of methoxy groups -OCH3 is 1. The highest BCUT2D eigenvalue weighted by Crippen LogP contribution is 1.94. The summed E-state index contributed by atoms with van der Waals surface area (Å²) < 4.78 is 32.3. The van der Waals surface area contributed by atoms with E-state index < -0.39 is 31.0 Å². The number of ether oxygens (including phenoxy) is 2. The first-order valence-corrected chi connectivity index (χ1v) is 4.85. The van der Waals surface area contributed by atoms with Crippen molar-refractivity contribution in [2.45, 2.75) is 19.0 Å². The average molecular weight is 255 g/mol. The van der Waals surface area contributed by atoms with E-state index in [1.807, 2.05) is 0 Å². The summed E-state index contributed by atoms with van der Waals surface area (Å²) >= 11 is 0. The second-order valence-corrected chi connectivity index (χ2v) is 3.08. The van der Waals surface area contributed by atoms with Gasteiger partial charge < -0.3 is 19.9 Å². The molecule has 0 aliphatic heterocycles. The fraction of sp³-hybridized carbons (Fsp3) is 0.778. The van der Waals surface area contributed by atoms with E-state index in [-0.39, 0.29) is 19.6 Å². The Morgan fingerprint density at radius 1 is 1.41 bits per heavy atom. The standard InChI is InChI=1S/C9H15F2NO5/c1-16-6(9(14)15)4-12-8(13)2-3-17-5-7(10)11/h6-7H,2-5H2,1H3,(H,12,13)(H,14,15). The fourth-order valence-electron chi connectivity index (χ4n) is 0.904. The summed E-state index contributed by atoms with van der Waals surface area (Å²) in [7, 11) is 1.21. The third kappa shape index (κ3) is 8.52. The molecule has 0 rings (SSSR count). The summed E-state index contributed by atoms with van der Waals surface area (Å²) in [5, 5.41) is 10.9. The molecule has 0 aromatic rings. The van der Waals surface area contributed by atoms with E-state index in [9.17, 15) is 18.4 Å². The zero-order valence-electron chi connectivity index (χ0n) is 9.32. The van der Waals surface area contributed by atoms with Crippen LogP contribution in [0.5, 0.6) is 0 Å². The lowest BCUT2D eigenvalue weighted by molar-refractivity contribution is -0.148. The van der Waals surface area contributed by atoms with Crippen molar-refractivity contribution in [3.05, 3.63) is 0 Å². The van der Waals surface area contributed by atoms with Crippen molar-refractivity contribution in [3.63, 3.8) is 0 Å². The maximum Gasteiger partial charge on any atom is 0.334 e. The first kappa shape index (κ1) is 15.7. The van der Waals surface area contributed by atoms with Crippen LogP contribution < -0.4 is 5.32 Å². The molecule has 0 saturated carbocycles. The monoisotopic (exact) mass is 255 g/mol. The van der Waals surface area contributed by atoms with Gasteiger partial charge in [0.1, 0.15) is 6.61 Å². The summed E-state index contributed by atoms with van der Waals surface area (Å²) in [4.78, 5) is 21.6. The number of carboxylic acid groups (broad SMARTS) is 1. The van der Waals surface area contributed by atoms with Gasteiger partial charge in [0.25, 0.3) is 6.43 Å². The number of carbonyl (C=O) groups excluding carboxylic acids is 1. The summed E-state index contributed by atoms with van der Waals surface area (Å²) in [5.41, 5.74) is 0. The van der Waals surface area contributed by atoms with Crippen LogP contribution >= 0.6 is 0 Å². The van der Waals surface area contributed by atoms with Gasteiger partial charge in [0.05, 0.1) is 13.2 Å². The molecule has 0 heterocycles. The van der Waals surface area contributed by atoms with Gasteiger partial charge in [0.15, 0.2) is 6.10 Å². The Labute approximate surface area is 96.9 Å². The lowest BCUT2D eigenvalue weighted by atomic mass is 10.3. The van der Waals surface area contributed by atoms with Gasteiger partial charge in [-0.05, 0) is 0 Å². The predicted octanol–water partition coefficient (Wildman–Crippen LogP) is -0.126. The number of nitrogens with one attached hydrogen (secondary N) is 1. The zero-order chi connectivity index (χ0) is 13.3. The molecule has 0 aromatic heterocycles. The van der Waals surface area contributed by atoms with Crippen LogP contribution in [0.2, 0.25) is 0 Å². The Morgan fingerprint density at radius 2 is 2.06 bits per heavy atom. The Balaban J connectivity index is 3.62. The van der Waals surface area contributed by atoms with E-state index in [4.69, 9.17) is 5.11 Å². The quantitative estimate of drug-likeness (QED) is 0.561. The van der Waals surface area contributed by atoms with E-state index in [1.165, 1.54) is 7.11 Å². The van der Waals surface area contributed by atoms with Crippen LogP contribution in [0.4, 0.5) is 8.78 Å². The van der Waals surface area contributed by atoms with E-state index in [1.54, 1.807) is 0 Å². The normalized spacial score (nSPS) is 12.5. The molecule has 0 fully saturated rings. The van der Waals surface area contributed by atoms with Gasteiger partial charge >= 0.3 is 5.97 Å². The highest BCUT2D eigenvalue weighted by Gasteiger charge is 2.16. The van der Waals surface area contributed by atoms with Gasteiger partial charge in [-0.25, -0.2) is 13.6 Å². The number of aliphatic carboxylic acids is 1. The molecule has 0 spiro atoms. The van der Waals surface area contributed by atoms with Crippen LogP contribution in [0.25, 0.3) is 0 Å². The van der Waals surface area contributed by atoms with Crippen molar-refractivity contribution >= 4 is 11.9 Å². The van der Waals surface area contributed by atoms with Crippen LogP contribution in [0, 0.1) is 0 Å². The average Bonchev–Trinajstić information content (AvgIpc) is 2.24. The summed E-state index contributed by atoms with van der Waals surface area (Å²) in [5.74, 6) is -1.68. The van der Waals surface area contributed by atoms with Gasteiger partial charge in [0, 0.05) is 13.5 Å². The van der Waals surface area contributed by atoms with E-state index in [0.29, 0.717) is 0 Å². The number of amides is 1. The molecule has 0 radical (unpaired) electrons. The molecule has 1 unspecified atom stereocenters. The third-order valence-corrected chi connectivity index (χ3v) is 1.76. The maximum atomic E-state index is 11.6. The lowest BCUT2D eigenvalue weighted by Gasteiger charge is -2.11. The highest BCUT2D eigenvalue weighted by molar-refractivity contribution is 5.78. The molecule has 0 bridgehead atoms. The van der Waals surface area contributed by atoms with Gasteiger partial charge in [-0.15, -0.1) is 0 Å². The minimum atomic E-state index is -2.57. The predicted molar refractivity (Wildman–Crippen MR) is 52.9 cm³/mol. The van der Waals surface area contributed by atoms with E-state index in [0.717, 1.165) is 0 Å². The van der Waals surface area contributed by atoms with Crippen molar-refractivity contribution in [3.8, 4) is 0 Å². The Bertz CT molecular complexity index is 250.